The van der Waals surface area contributed by atoms with E-state index in [2.05, 4.69) is 47.4 Å². The Morgan fingerprint density at radius 3 is 2.78 bits per heavy atom. The molecule has 1 heterocycles. The van der Waals surface area contributed by atoms with Crippen molar-refractivity contribution in [3.05, 3.63) is 48.0 Å². The van der Waals surface area contributed by atoms with Crippen molar-refractivity contribution >= 4 is 10.8 Å². The van der Waals surface area contributed by atoms with Gasteiger partial charge in [0.1, 0.15) is 0 Å². The van der Waals surface area contributed by atoms with Crippen molar-refractivity contribution in [3.63, 3.8) is 0 Å². The predicted octanol–water partition coefficient (Wildman–Crippen LogP) is 2.62. The summed E-state index contributed by atoms with van der Waals surface area (Å²) in [6.45, 7) is 4.22. The van der Waals surface area contributed by atoms with Gasteiger partial charge in [0, 0.05) is 13.1 Å². The van der Waals surface area contributed by atoms with E-state index in [9.17, 15) is 0 Å². The van der Waals surface area contributed by atoms with Crippen LogP contribution in [0.4, 0.5) is 0 Å². The van der Waals surface area contributed by atoms with Crippen molar-refractivity contribution in [2.45, 2.75) is 13.0 Å². The molecule has 0 amide bonds. The molecule has 0 spiro atoms. The van der Waals surface area contributed by atoms with Crippen molar-refractivity contribution in [1.29, 1.82) is 0 Å². The van der Waals surface area contributed by atoms with Crippen LogP contribution in [0.15, 0.2) is 42.5 Å². The lowest BCUT2D eigenvalue weighted by molar-refractivity contribution is 0.319. The number of benzene rings is 2. The van der Waals surface area contributed by atoms with E-state index in [1.165, 1.54) is 29.3 Å². The smallest absolute Gasteiger partial charge is 0.0240 e. The zero-order valence-corrected chi connectivity index (χ0v) is 10.7. The molecule has 1 aliphatic rings. The number of hydrogen-bond acceptors (Lipinski definition) is 2. The average Bonchev–Trinajstić information content (AvgIpc) is 2.87. The van der Waals surface area contributed by atoms with E-state index in [0.717, 1.165) is 19.6 Å². The molecule has 0 aliphatic carbocycles. The molecule has 1 atom stereocenters. The number of nitrogens with two attached hydrogens (primary N) is 1. The Hall–Kier alpha value is -1.38. The minimum absolute atomic E-state index is 0.694. The Balaban J connectivity index is 1.83. The second-order valence-corrected chi connectivity index (χ2v) is 5.26. The molecule has 2 N–H and O–H groups in total. The van der Waals surface area contributed by atoms with Crippen molar-refractivity contribution in [2.75, 3.05) is 19.6 Å². The lowest BCUT2D eigenvalue weighted by Gasteiger charge is -2.17. The van der Waals surface area contributed by atoms with Crippen LogP contribution in [0.1, 0.15) is 12.0 Å². The van der Waals surface area contributed by atoms with Gasteiger partial charge in [-0.25, -0.2) is 0 Å². The SMILES string of the molecule is NCC1CCN(Cc2cccc3ccccc23)C1. The molecular formula is C16H20N2. The largest absolute Gasteiger partial charge is 0.330 e. The van der Waals surface area contributed by atoms with Gasteiger partial charge < -0.3 is 5.73 Å². The standard InChI is InChI=1S/C16H20N2/c17-10-13-8-9-18(11-13)12-15-6-3-5-14-4-1-2-7-16(14)15/h1-7,13H,8-12,17H2. The average molecular weight is 240 g/mol. The van der Waals surface area contributed by atoms with Gasteiger partial charge in [-0.1, -0.05) is 42.5 Å². The molecule has 2 nitrogen and oxygen atoms in total. The minimum atomic E-state index is 0.694. The van der Waals surface area contributed by atoms with Crippen LogP contribution in [-0.4, -0.2) is 24.5 Å². The second-order valence-electron chi connectivity index (χ2n) is 5.26. The predicted molar refractivity (Wildman–Crippen MR) is 76.4 cm³/mol. The Morgan fingerprint density at radius 2 is 1.94 bits per heavy atom. The van der Waals surface area contributed by atoms with Crippen molar-refractivity contribution in [1.82, 2.24) is 4.90 Å². The van der Waals surface area contributed by atoms with Crippen LogP contribution in [0.3, 0.4) is 0 Å². The summed E-state index contributed by atoms with van der Waals surface area (Å²) < 4.78 is 0. The maximum atomic E-state index is 5.75. The summed E-state index contributed by atoms with van der Waals surface area (Å²) in [7, 11) is 0. The third-order valence-electron chi connectivity index (χ3n) is 3.98. The first-order valence-corrected chi connectivity index (χ1v) is 6.76. The first-order valence-electron chi connectivity index (χ1n) is 6.76. The summed E-state index contributed by atoms with van der Waals surface area (Å²) in [5.74, 6) is 0.694. The zero-order chi connectivity index (χ0) is 12.4. The summed E-state index contributed by atoms with van der Waals surface area (Å²) >= 11 is 0. The van der Waals surface area contributed by atoms with Crippen LogP contribution < -0.4 is 5.73 Å². The number of fused-ring (bicyclic) bond motifs is 1. The number of nitrogens with zero attached hydrogens (tertiary/aromatic N) is 1. The molecule has 2 heteroatoms. The highest BCUT2D eigenvalue weighted by molar-refractivity contribution is 5.85. The highest BCUT2D eigenvalue weighted by Gasteiger charge is 2.21. The molecular weight excluding hydrogens is 220 g/mol. The molecule has 2 aromatic carbocycles. The van der Waals surface area contributed by atoms with Gasteiger partial charge in [-0.3, -0.25) is 4.90 Å². The summed E-state index contributed by atoms with van der Waals surface area (Å²) in [5.41, 5.74) is 7.19. The Labute approximate surface area is 108 Å². The second kappa shape index (κ2) is 5.09. The normalized spacial score (nSPS) is 20.6. The summed E-state index contributed by atoms with van der Waals surface area (Å²) in [5, 5.41) is 2.72. The molecule has 0 saturated carbocycles. The molecule has 0 radical (unpaired) electrons. The van der Waals surface area contributed by atoms with Gasteiger partial charge >= 0.3 is 0 Å². The van der Waals surface area contributed by atoms with Gasteiger partial charge in [-0.05, 0) is 41.8 Å². The van der Waals surface area contributed by atoms with Crippen LogP contribution in [0.25, 0.3) is 10.8 Å². The molecule has 2 aromatic rings. The highest BCUT2D eigenvalue weighted by Crippen LogP contribution is 2.23. The fourth-order valence-corrected chi connectivity index (χ4v) is 2.92. The fraction of sp³-hybridized carbons (Fsp3) is 0.375. The van der Waals surface area contributed by atoms with Crippen LogP contribution in [0, 0.1) is 5.92 Å². The van der Waals surface area contributed by atoms with Gasteiger partial charge in [0.25, 0.3) is 0 Å². The number of rotatable bonds is 3. The van der Waals surface area contributed by atoms with E-state index in [0.29, 0.717) is 5.92 Å². The molecule has 18 heavy (non-hydrogen) atoms. The van der Waals surface area contributed by atoms with Crippen molar-refractivity contribution in [2.24, 2.45) is 11.7 Å². The van der Waals surface area contributed by atoms with E-state index in [-0.39, 0.29) is 0 Å². The van der Waals surface area contributed by atoms with E-state index in [1.807, 2.05) is 0 Å². The van der Waals surface area contributed by atoms with Gasteiger partial charge in [0.15, 0.2) is 0 Å². The van der Waals surface area contributed by atoms with E-state index < -0.39 is 0 Å². The Morgan fingerprint density at radius 1 is 1.11 bits per heavy atom. The van der Waals surface area contributed by atoms with E-state index in [1.54, 1.807) is 0 Å². The lowest BCUT2D eigenvalue weighted by atomic mass is 10.0. The fourth-order valence-electron chi connectivity index (χ4n) is 2.92. The molecule has 94 valence electrons. The summed E-state index contributed by atoms with van der Waals surface area (Å²) in [6.07, 6.45) is 1.25. The quantitative estimate of drug-likeness (QED) is 0.893. The van der Waals surface area contributed by atoms with E-state index in [4.69, 9.17) is 5.73 Å². The summed E-state index contributed by atoms with van der Waals surface area (Å²) in [6, 6.07) is 15.2. The molecule has 1 aliphatic heterocycles. The first-order chi connectivity index (χ1) is 8.86. The van der Waals surface area contributed by atoms with Gasteiger partial charge in [0.05, 0.1) is 0 Å². The van der Waals surface area contributed by atoms with Crippen molar-refractivity contribution < 1.29 is 0 Å². The van der Waals surface area contributed by atoms with Gasteiger partial charge in [0.2, 0.25) is 0 Å². The molecule has 3 rings (SSSR count). The van der Waals surface area contributed by atoms with Crippen LogP contribution >= 0.6 is 0 Å². The third-order valence-corrected chi connectivity index (χ3v) is 3.98. The summed E-state index contributed by atoms with van der Waals surface area (Å²) in [4.78, 5) is 2.53. The maximum absolute atomic E-state index is 5.75. The molecule has 0 bridgehead atoms. The molecule has 1 unspecified atom stereocenters. The number of hydrogen-bond donors (Lipinski definition) is 1. The van der Waals surface area contributed by atoms with Crippen LogP contribution in [0.5, 0.6) is 0 Å². The van der Waals surface area contributed by atoms with Crippen molar-refractivity contribution in [3.8, 4) is 0 Å². The number of likely N-dealkylation sites (tertiary alicyclic amines) is 1. The van der Waals surface area contributed by atoms with Gasteiger partial charge in [-0.2, -0.15) is 0 Å². The van der Waals surface area contributed by atoms with Gasteiger partial charge in [-0.15, -0.1) is 0 Å². The third kappa shape index (κ3) is 2.26. The molecule has 1 saturated heterocycles. The van der Waals surface area contributed by atoms with Crippen LogP contribution in [-0.2, 0) is 6.54 Å². The van der Waals surface area contributed by atoms with Crippen LogP contribution in [0.2, 0.25) is 0 Å². The van der Waals surface area contributed by atoms with E-state index >= 15 is 0 Å². The topological polar surface area (TPSA) is 29.3 Å². The maximum Gasteiger partial charge on any atom is 0.0240 e. The highest BCUT2D eigenvalue weighted by atomic mass is 15.1. The minimum Gasteiger partial charge on any atom is -0.330 e. The zero-order valence-electron chi connectivity index (χ0n) is 10.7. The molecule has 1 fully saturated rings. The lowest BCUT2D eigenvalue weighted by Crippen LogP contribution is -2.22. The molecule has 0 aromatic heterocycles. The first kappa shape index (κ1) is 11.7. The Bertz CT molecular complexity index is 530. The monoisotopic (exact) mass is 240 g/mol. The Kier molecular flexibility index (Phi) is 3.31.